The van der Waals surface area contributed by atoms with Gasteiger partial charge in [-0.15, -0.1) is 0 Å². The van der Waals surface area contributed by atoms with Crippen LogP contribution in [0.25, 0.3) is 0 Å². The number of aromatic nitrogens is 1. The van der Waals surface area contributed by atoms with E-state index in [4.69, 9.17) is 10.00 Å². The zero-order valence-corrected chi connectivity index (χ0v) is 10.6. The molecule has 1 aromatic rings. The minimum absolute atomic E-state index is 0.319. The third-order valence-electron chi connectivity index (χ3n) is 2.71. The van der Waals surface area contributed by atoms with E-state index < -0.39 is 0 Å². The van der Waals surface area contributed by atoms with E-state index in [1.807, 2.05) is 19.9 Å². The Kier molecular flexibility index (Phi) is 6.09. The molecule has 1 saturated carbocycles. The summed E-state index contributed by atoms with van der Waals surface area (Å²) in [7, 11) is 0. The Morgan fingerprint density at radius 1 is 1.24 bits per heavy atom. The van der Waals surface area contributed by atoms with Gasteiger partial charge < -0.3 is 4.74 Å². The first-order chi connectivity index (χ1) is 8.38. The van der Waals surface area contributed by atoms with E-state index in [9.17, 15) is 0 Å². The van der Waals surface area contributed by atoms with Gasteiger partial charge in [0.1, 0.15) is 12.2 Å². The first-order valence-electron chi connectivity index (χ1n) is 6.41. The van der Waals surface area contributed by atoms with Gasteiger partial charge in [0.2, 0.25) is 5.88 Å². The van der Waals surface area contributed by atoms with Crippen LogP contribution in [0.3, 0.4) is 0 Å². The molecule has 92 valence electrons. The number of ether oxygens (including phenoxy) is 1. The van der Waals surface area contributed by atoms with Crippen molar-refractivity contribution in [3.05, 3.63) is 23.9 Å². The Labute approximate surface area is 103 Å². The molecule has 2 rings (SSSR count). The summed E-state index contributed by atoms with van der Waals surface area (Å²) in [6.45, 7) is 4.00. The number of hydrogen-bond acceptors (Lipinski definition) is 3. The molecule has 3 nitrogen and oxygen atoms in total. The molecule has 0 radical (unpaired) electrons. The molecule has 0 aliphatic heterocycles. The predicted octanol–water partition coefficient (Wildman–Crippen LogP) is 3.69. The van der Waals surface area contributed by atoms with Crippen molar-refractivity contribution in [3.8, 4) is 11.9 Å². The fraction of sp³-hybridized carbons (Fsp3) is 0.571. The van der Waals surface area contributed by atoms with Crippen LogP contribution in [-0.4, -0.2) is 11.1 Å². The van der Waals surface area contributed by atoms with E-state index in [1.165, 1.54) is 19.3 Å². The Bertz CT molecular complexity index is 347. The summed E-state index contributed by atoms with van der Waals surface area (Å²) >= 11 is 0. The monoisotopic (exact) mass is 232 g/mol. The molecule has 0 amide bonds. The highest BCUT2D eigenvalue weighted by molar-refractivity contribution is 5.28. The van der Waals surface area contributed by atoms with Crippen LogP contribution >= 0.6 is 0 Å². The zero-order chi connectivity index (χ0) is 12.5. The molecule has 0 N–H and O–H groups in total. The fourth-order valence-electron chi connectivity index (χ4n) is 1.87. The molecule has 0 aromatic carbocycles. The van der Waals surface area contributed by atoms with Crippen molar-refractivity contribution in [1.82, 2.24) is 4.98 Å². The van der Waals surface area contributed by atoms with Crippen LogP contribution in [0.15, 0.2) is 18.3 Å². The number of nitriles is 1. The van der Waals surface area contributed by atoms with Gasteiger partial charge in [-0.2, -0.15) is 5.26 Å². The molecular weight excluding hydrogens is 212 g/mol. The lowest BCUT2D eigenvalue weighted by Gasteiger charge is -2.22. The molecule has 0 unspecified atom stereocenters. The third-order valence-corrected chi connectivity index (χ3v) is 2.71. The lowest BCUT2D eigenvalue weighted by Crippen LogP contribution is -2.20. The van der Waals surface area contributed by atoms with Crippen LogP contribution in [0.4, 0.5) is 0 Å². The number of pyridine rings is 1. The summed E-state index contributed by atoms with van der Waals surface area (Å²) in [4.78, 5) is 4.10. The van der Waals surface area contributed by atoms with Crippen LogP contribution in [0.2, 0.25) is 0 Å². The molecule has 0 atom stereocenters. The van der Waals surface area contributed by atoms with Crippen LogP contribution in [0, 0.1) is 11.3 Å². The lowest BCUT2D eigenvalue weighted by molar-refractivity contribution is 0.148. The maximum atomic E-state index is 8.62. The zero-order valence-electron chi connectivity index (χ0n) is 10.6. The summed E-state index contributed by atoms with van der Waals surface area (Å²) in [5.41, 5.74) is 0.575. The average molecular weight is 232 g/mol. The largest absolute Gasteiger partial charge is 0.474 e. The standard InChI is InChI=1S/C12H14N2O.C2H6/c13-8-10-6-7-12(14-9-10)15-11-4-2-1-3-5-11;1-2/h6-7,9,11H,1-5H2;1-2H3. The second kappa shape index (κ2) is 7.67. The van der Waals surface area contributed by atoms with Crippen molar-refractivity contribution in [1.29, 1.82) is 5.26 Å². The first kappa shape index (κ1) is 13.5. The van der Waals surface area contributed by atoms with Crippen molar-refractivity contribution in [3.63, 3.8) is 0 Å². The van der Waals surface area contributed by atoms with E-state index >= 15 is 0 Å². The molecule has 1 aliphatic carbocycles. The van der Waals surface area contributed by atoms with E-state index in [0.717, 1.165) is 12.8 Å². The molecule has 0 bridgehead atoms. The summed E-state index contributed by atoms with van der Waals surface area (Å²) in [6.07, 6.45) is 7.95. The molecule has 1 fully saturated rings. The van der Waals surface area contributed by atoms with Crippen molar-refractivity contribution in [2.24, 2.45) is 0 Å². The SMILES string of the molecule is CC.N#Cc1ccc(OC2CCCCC2)nc1. The second-order valence-corrected chi connectivity index (χ2v) is 3.87. The fourth-order valence-corrected chi connectivity index (χ4v) is 1.87. The molecule has 17 heavy (non-hydrogen) atoms. The lowest BCUT2D eigenvalue weighted by atomic mass is 9.98. The van der Waals surface area contributed by atoms with E-state index in [0.29, 0.717) is 17.5 Å². The van der Waals surface area contributed by atoms with Gasteiger partial charge in [-0.3, -0.25) is 0 Å². The number of nitrogens with zero attached hydrogens (tertiary/aromatic N) is 2. The van der Waals surface area contributed by atoms with E-state index in [2.05, 4.69) is 4.98 Å². The maximum Gasteiger partial charge on any atom is 0.213 e. The molecule has 3 heteroatoms. The van der Waals surface area contributed by atoms with Crippen LogP contribution in [0.5, 0.6) is 5.88 Å². The van der Waals surface area contributed by atoms with Gasteiger partial charge in [0.25, 0.3) is 0 Å². The Morgan fingerprint density at radius 3 is 2.47 bits per heavy atom. The smallest absolute Gasteiger partial charge is 0.213 e. The third kappa shape index (κ3) is 4.44. The van der Waals surface area contributed by atoms with Gasteiger partial charge in [-0.25, -0.2) is 4.98 Å². The van der Waals surface area contributed by atoms with Crippen molar-refractivity contribution < 1.29 is 4.74 Å². The normalized spacial score (nSPS) is 15.4. The average Bonchev–Trinajstić information content (AvgIpc) is 2.43. The predicted molar refractivity (Wildman–Crippen MR) is 67.8 cm³/mol. The van der Waals surface area contributed by atoms with Crippen molar-refractivity contribution >= 4 is 0 Å². The molecule has 1 aliphatic rings. The minimum Gasteiger partial charge on any atom is -0.474 e. The Morgan fingerprint density at radius 2 is 1.94 bits per heavy atom. The van der Waals surface area contributed by atoms with Crippen LogP contribution in [0.1, 0.15) is 51.5 Å². The number of rotatable bonds is 2. The summed E-state index contributed by atoms with van der Waals surface area (Å²) in [6, 6.07) is 5.55. The van der Waals surface area contributed by atoms with Crippen molar-refractivity contribution in [2.45, 2.75) is 52.1 Å². The highest BCUT2D eigenvalue weighted by Gasteiger charge is 2.14. The summed E-state index contributed by atoms with van der Waals surface area (Å²) in [5.74, 6) is 0.640. The van der Waals surface area contributed by atoms with Gasteiger partial charge in [-0.1, -0.05) is 20.3 Å². The quantitative estimate of drug-likeness (QED) is 0.781. The van der Waals surface area contributed by atoms with E-state index in [-0.39, 0.29) is 0 Å². The number of hydrogen-bond donors (Lipinski definition) is 0. The second-order valence-electron chi connectivity index (χ2n) is 3.87. The van der Waals surface area contributed by atoms with Gasteiger partial charge in [0.15, 0.2) is 0 Å². The highest BCUT2D eigenvalue weighted by atomic mass is 16.5. The Hall–Kier alpha value is -1.56. The molecule has 1 heterocycles. The van der Waals surface area contributed by atoms with Crippen molar-refractivity contribution in [2.75, 3.05) is 0 Å². The van der Waals surface area contributed by atoms with Gasteiger partial charge in [0, 0.05) is 12.3 Å². The molecule has 1 aromatic heterocycles. The highest BCUT2D eigenvalue weighted by Crippen LogP contribution is 2.22. The first-order valence-corrected chi connectivity index (χ1v) is 6.41. The molecular formula is C14H20N2O. The van der Waals surface area contributed by atoms with Crippen LogP contribution in [-0.2, 0) is 0 Å². The van der Waals surface area contributed by atoms with Gasteiger partial charge in [-0.05, 0) is 31.7 Å². The molecule has 0 spiro atoms. The summed E-state index contributed by atoms with van der Waals surface area (Å²) in [5, 5.41) is 8.62. The van der Waals surface area contributed by atoms with Crippen LogP contribution < -0.4 is 4.74 Å². The molecule has 0 saturated heterocycles. The topological polar surface area (TPSA) is 45.9 Å². The van der Waals surface area contributed by atoms with Gasteiger partial charge >= 0.3 is 0 Å². The van der Waals surface area contributed by atoms with Gasteiger partial charge in [0.05, 0.1) is 5.56 Å². The van der Waals surface area contributed by atoms with E-state index in [1.54, 1.807) is 18.3 Å². The Balaban J connectivity index is 0.000000686. The summed E-state index contributed by atoms with van der Waals surface area (Å²) < 4.78 is 5.73. The minimum atomic E-state index is 0.319. The maximum absolute atomic E-state index is 8.62.